The second-order valence-electron chi connectivity index (χ2n) is 9.60. The van der Waals surface area contributed by atoms with Crippen LogP contribution >= 0.6 is 0 Å². The minimum atomic E-state index is -0.663. The smallest absolute Gasteiger partial charge is 0.270 e. The summed E-state index contributed by atoms with van der Waals surface area (Å²) < 4.78 is 6.76. The number of non-ortho nitro benzene ring substituents is 1. The van der Waals surface area contributed by atoms with E-state index in [0.29, 0.717) is 5.75 Å². The number of anilines is 1. The number of para-hydroxylation sites is 1. The number of fused-ring (bicyclic) bond motifs is 2. The van der Waals surface area contributed by atoms with Gasteiger partial charge in [0.1, 0.15) is 5.75 Å². The molecule has 0 amide bonds. The molecule has 5 nitrogen and oxygen atoms in total. The molecule has 2 aliphatic heterocycles. The summed E-state index contributed by atoms with van der Waals surface area (Å²) in [5.74, 6) is 0.691. The van der Waals surface area contributed by atoms with Crippen LogP contribution in [0.15, 0.2) is 61.2 Å². The Bertz CT molecular complexity index is 1060. The lowest BCUT2D eigenvalue weighted by molar-refractivity contribution is -0.384. The highest BCUT2D eigenvalue weighted by Gasteiger charge is 2.58. The highest BCUT2D eigenvalue weighted by atomic mass is 16.6. The van der Waals surface area contributed by atoms with Crippen molar-refractivity contribution in [3.63, 3.8) is 0 Å². The van der Waals surface area contributed by atoms with Gasteiger partial charge in [-0.05, 0) is 63.0 Å². The molecular formula is C28H34N2O3. The Kier molecular flexibility index (Phi) is 6.59. The Morgan fingerprint density at radius 2 is 1.79 bits per heavy atom. The Morgan fingerprint density at radius 1 is 1.06 bits per heavy atom. The van der Waals surface area contributed by atoms with E-state index in [1.807, 2.05) is 12.2 Å². The van der Waals surface area contributed by atoms with Gasteiger partial charge >= 0.3 is 0 Å². The maximum absolute atomic E-state index is 11.2. The fourth-order valence-electron chi connectivity index (χ4n) is 5.26. The van der Waals surface area contributed by atoms with Crippen LogP contribution in [0.4, 0.5) is 11.4 Å². The van der Waals surface area contributed by atoms with Crippen molar-refractivity contribution in [1.29, 1.82) is 0 Å². The quantitative estimate of drug-likeness (QED) is 0.165. The zero-order valence-electron chi connectivity index (χ0n) is 19.8. The summed E-state index contributed by atoms with van der Waals surface area (Å²) in [7, 11) is 0. The third-order valence-corrected chi connectivity index (χ3v) is 7.16. The Morgan fingerprint density at radius 3 is 2.55 bits per heavy atom. The zero-order valence-corrected chi connectivity index (χ0v) is 19.8. The predicted octanol–water partition coefficient (Wildman–Crippen LogP) is 7.41. The molecule has 0 radical (unpaired) electrons. The van der Waals surface area contributed by atoms with E-state index in [2.05, 4.69) is 55.7 Å². The molecule has 5 heteroatoms. The van der Waals surface area contributed by atoms with Gasteiger partial charge < -0.3 is 9.64 Å². The lowest BCUT2D eigenvalue weighted by Gasteiger charge is -2.47. The molecule has 0 fully saturated rings. The van der Waals surface area contributed by atoms with E-state index < -0.39 is 5.72 Å². The summed E-state index contributed by atoms with van der Waals surface area (Å²) in [5, 5.41) is 11.2. The van der Waals surface area contributed by atoms with E-state index >= 15 is 0 Å². The zero-order chi connectivity index (χ0) is 23.5. The SMILES string of the molecule is C=CCCCCCCCCN1c2ccccc2C(C)(C)C12C=Cc1cc([N+](=O)[O-])ccc1O2. The molecule has 0 aliphatic carbocycles. The second kappa shape index (κ2) is 9.42. The van der Waals surface area contributed by atoms with Crippen molar-refractivity contribution in [1.82, 2.24) is 0 Å². The van der Waals surface area contributed by atoms with E-state index in [9.17, 15) is 10.1 Å². The molecule has 174 valence electrons. The van der Waals surface area contributed by atoms with Gasteiger partial charge in [0.25, 0.3) is 5.69 Å². The predicted molar refractivity (Wildman–Crippen MR) is 135 cm³/mol. The molecule has 2 aromatic rings. The van der Waals surface area contributed by atoms with Crippen LogP contribution in [0.3, 0.4) is 0 Å². The van der Waals surface area contributed by atoms with Gasteiger partial charge in [-0.2, -0.15) is 0 Å². The average molecular weight is 447 g/mol. The fourth-order valence-corrected chi connectivity index (χ4v) is 5.26. The summed E-state index contributed by atoms with van der Waals surface area (Å²) in [4.78, 5) is 13.3. The summed E-state index contributed by atoms with van der Waals surface area (Å²) in [6, 6.07) is 13.4. The first-order chi connectivity index (χ1) is 15.9. The van der Waals surface area contributed by atoms with E-state index in [0.717, 1.165) is 24.9 Å². The van der Waals surface area contributed by atoms with Crippen molar-refractivity contribution in [2.45, 2.75) is 69.9 Å². The Hall–Kier alpha value is -3.08. The van der Waals surface area contributed by atoms with Gasteiger partial charge in [0.05, 0.1) is 10.3 Å². The van der Waals surface area contributed by atoms with Gasteiger partial charge in [-0.1, -0.05) is 50.0 Å². The van der Waals surface area contributed by atoms with Crippen LogP contribution < -0.4 is 9.64 Å². The molecule has 0 saturated carbocycles. The molecule has 0 N–H and O–H groups in total. The topological polar surface area (TPSA) is 55.6 Å². The number of hydrogen-bond acceptors (Lipinski definition) is 4. The molecule has 1 spiro atoms. The number of nitro groups is 1. The first-order valence-corrected chi connectivity index (χ1v) is 12.1. The average Bonchev–Trinajstić information content (AvgIpc) is 2.99. The molecule has 2 heterocycles. The molecule has 0 saturated heterocycles. The number of hydrogen-bond donors (Lipinski definition) is 0. The maximum atomic E-state index is 11.2. The normalized spacial score (nSPS) is 19.8. The molecule has 33 heavy (non-hydrogen) atoms. The van der Waals surface area contributed by atoms with Gasteiger partial charge in [0.15, 0.2) is 0 Å². The first kappa shape index (κ1) is 23.1. The van der Waals surface area contributed by atoms with Crippen LogP contribution in [-0.4, -0.2) is 17.2 Å². The van der Waals surface area contributed by atoms with Crippen LogP contribution in [-0.2, 0) is 5.41 Å². The molecule has 0 aromatic heterocycles. The third kappa shape index (κ3) is 4.17. The molecule has 2 aromatic carbocycles. The van der Waals surface area contributed by atoms with Crippen molar-refractivity contribution in [3.8, 4) is 5.75 Å². The van der Waals surface area contributed by atoms with Gasteiger partial charge in [0, 0.05) is 29.9 Å². The van der Waals surface area contributed by atoms with Crippen molar-refractivity contribution in [3.05, 3.63) is 82.4 Å². The van der Waals surface area contributed by atoms with Gasteiger partial charge in [-0.15, -0.1) is 6.58 Å². The second-order valence-corrected chi connectivity index (χ2v) is 9.60. The number of nitro benzene ring substituents is 1. The van der Waals surface area contributed by atoms with Crippen molar-refractivity contribution in [2.75, 3.05) is 11.4 Å². The van der Waals surface area contributed by atoms with Crippen LogP contribution in [0.5, 0.6) is 5.75 Å². The summed E-state index contributed by atoms with van der Waals surface area (Å²) in [5.41, 5.74) is 2.36. The maximum Gasteiger partial charge on any atom is 0.270 e. The number of unbranched alkanes of at least 4 members (excludes halogenated alkanes) is 6. The van der Waals surface area contributed by atoms with Crippen molar-refractivity contribution < 1.29 is 9.66 Å². The highest BCUT2D eigenvalue weighted by molar-refractivity contribution is 5.73. The molecule has 2 aliphatic rings. The third-order valence-electron chi connectivity index (χ3n) is 7.16. The van der Waals surface area contributed by atoms with Crippen LogP contribution in [0.2, 0.25) is 0 Å². The number of benzene rings is 2. The molecule has 0 bridgehead atoms. The van der Waals surface area contributed by atoms with E-state index in [-0.39, 0.29) is 16.0 Å². The summed E-state index contributed by atoms with van der Waals surface area (Å²) in [6.45, 7) is 9.16. The van der Waals surface area contributed by atoms with Gasteiger partial charge in [-0.3, -0.25) is 10.1 Å². The van der Waals surface area contributed by atoms with Gasteiger partial charge in [-0.25, -0.2) is 0 Å². The van der Waals surface area contributed by atoms with Crippen LogP contribution in [0, 0.1) is 10.1 Å². The summed E-state index contributed by atoms with van der Waals surface area (Å²) >= 11 is 0. The van der Waals surface area contributed by atoms with Crippen molar-refractivity contribution in [2.24, 2.45) is 0 Å². The minimum absolute atomic E-state index is 0.0804. The summed E-state index contributed by atoms with van der Waals surface area (Å²) in [6.07, 6.45) is 14.5. The highest BCUT2D eigenvalue weighted by Crippen LogP contribution is 2.55. The molecular weight excluding hydrogens is 412 g/mol. The lowest BCUT2D eigenvalue weighted by Crippen LogP contribution is -2.59. The number of allylic oxidation sites excluding steroid dienone is 1. The monoisotopic (exact) mass is 446 g/mol. The van der Waals surface area contributed by atoms with Crippen LogP contribution in [0.1, 0.15) is 69.9 Å². The van der Waals surface area contributed by atoms with Gasteiger partial charge in [0.2, 0.25) is 5.72 Å². The minimum Gasteiger partial charge on any atom is -0.463 e. The Balaban J connectivity index is 1.56. The number of ether oxygens (including phenoxy) is 1. The fraction of sp³-hybridized carbons (Fsp3) is 0.429. The molecule has 1 unspecified atom stereocenters. The largest absolute Gasteiger partial charge is 0.463 e. The molecule has 1 atom stereocenters. The van der Waals surface area contributed by atoms with E-state index in [1.165, 1.54) is 49.4 Å². The van der Waals surface area contributed by atoms with Crippen molar-refractivity contribution >= 4 is 17.5 Å². The lowest BCUT2D eigenvalue weighted by atomic mass is 9.76. The number of nitrogens with zero attached hydrogens (tertiary/aromatic N) is 2. The van der Waals surface area contributed by atoms with E-state index in [1.54, 1.807) is 12.1 Å². The Labute approximate surface area is 196 Å². The molecule has 4 rings (SSSR count). The van der Waals surface area contributed by atoms with E-state index in [4.69, 9.17) is 4.74 Å². The standard InChI is InChI=1S/C28H34N2O3/c1-4-5-6-7-8-9-10-13-20-29-25-15-12-11-14-24(25)27(2,3)28(29)19-18-22-21-23(30(31)32)16-17-26(22)33-28/h4,11-12,14-19,21H,1,5-10,13,20H2,2-3H3. The number of rotatable bonds is 10. The first-order valence-electron chi connectivity index (χ1n) is 12.1. The van der Waals surface area contributed by atoms with Crippen LogP contribution in [0.25, 0.3) is 6.08 Å².